The summed E-state index contributed by atoms with van der Waals surface area (Å²) in [5.74, 6) is 0. The van der Waals surface area contributed by atoms with Crippen LogP contribution in [0.5, 0.6) is 0 Å². The molecule has 2 unspecified atom stereocenters. The highest BCUT2D eigenvalue weighted by molar-refractivity contribution is 7.09. The molecule has 1 aromatic rings. The quantitative estimate of drug-likeness (QED) is 0.800. The van der Waals surface area contributed by atoms with E-state index in [2.05, 4.69) is 27.9 Å². The first-order valence-electron chi connectivity index (χ1n) is 6.26. The molecule has 90 valence electrons. The van der Waals surface area contributed by atoms with Crippen LogP contribution in [0.4, 0.5) is 0 Å². The van der Waals surface area contributed by atoms with Crippen molar-refractivity contribution in [3.8, 4) is 0 Å². The third-order valence-corrected chi connectivity index (χ3v) is 4.09. The summed E-state index contributed by atoms with van der Waals surface area (Å²) in [5.41, 5.74) is 0. The van der Waals surface area contributed by atoms with Crippen LogP contribution < -0.4 is 10.6 Å². The Labute approximate surface area is 102 Å². The van der Waals surface area contributed by atoms with Crippen LogP contribution in [0.3, 0.4) is 0 Å². The number of nitrogens with one attached hydrogen (secondary N) is 2. The molecule has 16 heavy (non-hydrogen) atoms. The minimum Gasteiger partial charge on any atom is -0.314 e. The zero-order valence-corrected chi connectivity index (χ0v) is 10.7. The Kier molecular flexibility index (Phi) is 4.75. The van der Waals surface area contributed by atoms with Gasteiger partial charge in [-0.25, -0.2) is 4.98 Å². The highest BCUT2D eigenvalue weighted by Crippen LogP contribution is 2.18. The van der Waals surface area contributed by atoms with E-state index < -0.39 is 0 Å². The van der Waals surface area contributed by atoms with Crippen LogP contribution >= 0.6 is 11.3 Å². The number of hydrogen-bond donors (Lipinski definition) is 2. The van der Waals surface area contributed by atoms with Crippen molar-refractivity contribution in [3.05, 3.63) is 16.6 Å². The van der Waals surface area contributed by atoms with E-state index in [1.165, 1.54) is 30.8 Å². The minimum atomic E-state index is 0.446. The van der Waals surface area contributed by atoms with Crippen molar-refractivity contribution in [1.82, 2.24) is 15.6 Å². The maximum absolute atomic E-state index is 4.38. The molecule has 0 amide bonds. The summed E-state index contributed by atoms with van der Waals surface area (Å²) in [6.45, 7) is 4.51. The Hall–Kier alpha value is -0.450. The van der Waals surface area contributed by atoms with Gasteiger partial charge in [-0.2, -0.15) is 0 Å². The summed E-state index contributed by atoms with van der Waals surface area (Å²) < 4.78 is 0. The number of thiazole rings is 1. The second-order valence-electron chi connectivity index (χ2n) is 4.37. The average molecular weight is 239 g/mol. The maximum Gasteiger partial charge on any atom is 0.109 e. The van der Waals surface area contributed by atoms with E-state index in [-0.39, 0.29) is 0 Å². The van der Waals surface area contributed by atoms with E-state index in [9.17, 15) is 0 Å². The van der Waals surface area contributed by atoms with Crippen molar-refractivity contribution in [2.75, 3.05) is 13.1 Å². The van der Waals surface area contributed by atoms with Gasteiger partial charge in [-0.3, -0.25) is 0 Å². The topological polar surface area (TPSA) is 37.0 Å². The Balaban J connectivity index is 1.71. The number of nitrogens with zero attached hydrogens (tertiary/aromatic N) is 1. The monoisotopic (exact) mass is 239 g/mol. The van der Waals surface area contributed by atoms with Crippen LogP contribution in [0.1, 0.15) is 43.7 Å². The van der Waals surface area contributed by atoms with Crippen LogP contribution in [0, 0.1) is 0 Å². The lowest BCUT2D eigenvalue weighted by atomic mass is 10.1. The van der Waals surface area contributed by atoms with Gasteiger partial charge < -0.3 is 10.6 Å². The molecular weight excluding hydrogens is 218 g/mol. The molecule has 3 nitrogen and oxygen atoms in total. The van der Waals surface area contributed by atoms with Gasteiger partial charge in [0.15, 0.2) is 0 Å². The van der Waals surface area contributed by atoms with E-state index in [4.69, 9.17) is 0 Å². The van der Waals surface area contributed by atoms with Gasteiger partial charge in [0.2, 0.25) is 0 Å². The zero-order valence-electron chi connectivity index (χ0n) is 9.91. The van der Waals surface area contributed by atoms with Gasteiger partial charge >= 0.3 is 0 Å². The first-order valence-corrected chi connectivity index (χ1v) is 7.14. The number of hydrogen-bond acceptors (Lipinski definition) is 4. The third kappa shape index (κ3) is 3.27. The van der Waals surface area contributed by atoms with Crippen molar-refractivity contribution in [1.29, 1.82) is 0 Å². The minimum absolute atomic E-state index is 0.446. The van der Waals surface area contributed by atoms with Crippen molar-refractivity contribution in [2.45, 2.75) is 44.7 Å². The molecule has 1 aliphatic rings. The lowest BCUT2D eigenvalue weighted by molar-refractivity contribution is 0.466. The molecule has 1 fully saturated rings. The Morgan fingerprint density at radius 2 is 2.62 bits per heavy atom. The van der Waals surface area contributed by atoms with Gasteiger partial charge in [0, 0.05) is 17.6 Å². The first-order chi connectivity index (χ1) is 7.90. The zero-order chi connectivity index (χ0) is 11.2. The highest BCUT2D eigenvalue weighted by Gasteiger charge is 2.15. The second kappa shape index (κ2) is 6.33. The summed E-state index contributed by atoms with van der Waals surface area (Å²) >= 11 is 1.75. The molecule has 0 bridgehead atoms. The number of rotatable bonds is 6. The fourth-order valence-corrected chi connectivity index (χ4v) is 3.04. The van der Waals surface area contributed by atoms with E-state index in [1.807, 2.05) is 6.20 Å². The normalized spacial score (nSPS) is 22.4. The molecule has 0 aliphatic carbocycles. The van der Waals surface area contributed by atoms with Gasteiger partial charge in [-0.15, -0.1) is 11.3 Å². The SMILES string of the molecule is CCC(NCCC1CCCN1)c1nccs1. The number of aromatic nitrogens is 1. The summed E-state index contributed by atoms with van der Waals surface area (Å²) in [6, 6.07) is 1.18. The predicted molar refractivity (Wildman–Crippen MR) is 68.8 cm³/mol. The standard InChI is InChI=1S/C12H21N3S/c1-2-11(12-15-8-9-16-12)14-7-5-10-4-3-6-13-10/h8-11,13-14H,2-7H2,1H3. The maximum atomic E-state index is 4.38. The van der Waals surface area contributed by atoms with Crippen LogP contribution in [0.25, 0.3) is 0 Å². The van der Waals surface area contributed by atoms with Crippen molar-refractivity contribution >= 4 is 11.3 Å². The molecule has 0 saturated carbocycles. The molecule has 0 aromatic carbocycles. The first kappa shape index (κ1) is 12.0. The van der Waals surface area contributed by atoms with Crippen LogP contribution in [0.2, 0.25) is 0 Å². The van der Waals surface area contributed by atoms with Gasteiger partial charge in [0.1, 0.15) is 5.01 Å². The fraction of sp³-hybridized carbons (Fsp3) is 0.750. The van der Waals surface area contributed by atoms with E-state index in [0.29, 0.717) is 6.04 Å². The molecule has 4 heteroatoms. The molecule has 2 atom stereocenters. The van der Waals surface area contributed by atoms with Crippen molar-refractivity contribution < 1.29 is 0 Å². The molecule has 0 radical (unpaired) electrons. The lowest BCUT2D eigenvalue weighted by Crippen LogP contribution is -2.29. The molecule has 2 N–H and O–H groups in total. The van der Waals surface area contributed by atoms with Gasteiger partial charge in [0.05, 0.1) is 6.04 Å². The van der Waals surface area contributed by atoms with Crippen LogP contribution in [0.15, 0.2) is 11.6 Å². The van der Waals surface area contributed by atoms with E-state index >= 15 is 0 Å². The molecular formula is C12H21N3S. The summed E-state index contributed by atoms with van der Waals surface area (Å²) in [5, 5.41) is 10.4. The van der Waals surface area contributed by atoms with Crippen molar-refractivity contribution in [2.24, 2.45) is 0 Å². The molecule has 1 aromatic heterocycles. The van der Waals surface area contributed by atoms with Crippen LogP contribution in [-0.2, 0) is 0 Å². The lowest BCUT2D eigenvalue weighted by Gasteiger charge is -2.16. The Morgan fingerprint density at radius 1 is 1.69 bits per heavy atom. The van der Waals surface area contributed by atoms with Crippen LogP contribution in [-0.4, -0.2) is 24.1 Å². The predicted octanol–water partition coefficient (Wildman–Crippen LogP) is 2.33. The van der Waals surface area contributed by atoms with Gasteiger partial charge in [0.25, 0.3) is 0 Å². The summed E-state index contributed by atoms with van der Waals surface area (Å²) in [4.78, 5) is 4.38. The molecule has 0 spiro atoms. The fourth-order valence-electron chi connectivity index (χ4n) is 2.25. The summed E-state index contributed by atoms with van der Waals surface area (Å²) in [6.07, 6.45) is 6.93. The Bertz CT molecular complexity index is 280. The molecule has 2 heterocycles. The third-order valence-electron chi connectivity index (χ3n) is 3.20. The second-order valence-corrected chi connectivity index (χ2v) is 5.29. The van der Waals surface area contributed by atoms with Crippen molar-refractivity contribution in [3.63, 3.8) is 0 Å². The smallest absolute Gasteiger partial charge is 0.109 e. The molecule has 2 rings (SSSR count). The highest BCUT2D eigenvalue weighted by atomic mass is 32.1. The summed E-state index contributed by atoms with van der Waals surface area (Å²) in [7, 11) is 0. The van der Waals surface area contributed by atoms with Gasteiger partial charge in [-0.05, 0) is 38.8 Å². The van der Waals surface area contributed by atoms with E-state index in [0.717, 1.165) is 19.0 Å². The largest absolute Gasteiger partial charge is 0.314 e. The van der Waals surface area contributed by atoms with Gasteiger partial charge in [-0.1, -0.05) is 6.92 Å². The average Bonchev–Trinajstić information content (AvgIpc) is 2.96. The van der Waals surface area contributed by atoms with E-state index in [1.54, 1.807) is 11.3 Å². The molecule has 1 saturated heterocycles. The molecule has 1 aliphatic heterocycles. The Morgan fingerprint density at radius 3 is 3.25 bits per heavy atom.